The van der Waals surface area contributed by atoms with Crippen LogP contribution >= 0.6 is 11.6 Å². The van der Waals surface area contributed by atoms with Crippen molar-refractivity contribution in [3.05, 3.63) is 34.6 Å². The third kappa shape index (κ3) is 3.24. The van der Waals surface area contributed by atoms with Gasteiger partial charge < -0.3 is 15.2 Å². The number of nitrogens with two attached hydrogens (primary N) is 1. The molecule has 2 N–H and O–H groups in total. The lowest BCUT2D eigenvalue weighted by molar-refractivity contribution is -0.149. The van der Waals surface area contributed by atoms with E-state index in [2.05, 4.69) is 0 Å². The molecule has 1 aromatic rings. The van der Waals surface area contributed by atoms with Gasteiger partial charge in [0, 0.05) is 36.4 Å². The lowest BCUT2D eigenvalue weighted by Gasteiger charge is -2.44. The molecular formula is C16H21ClFNO2. The summed E-state index contributed by atoms with van der Waals surface area (Å²) in [5, 5.41) is 0.523. The number of hydrogen-bond donors (Lipinski definition) is 1. The minimum atomic E-state index is -0.340. The van der Waals surface area contributed by atoms with Gasteiger partial charge in [0.15, 0.2) is 0 Å². The van der Waals surface area contributed by atoms with E-state index in [0.29, 0.717) is 17.2 Å². The second-order valence-corrected chi connectivity index (χ2v) is 6.52. The van der Waals surface area contributed by atoms with Gasteiger partial charge in [-0.25, -0.2) is 4.39 Å². The highest BCUT2D eigenvalue weighted by Crippen LogP contribution is 2.41. The maximum absolute atomic E-state index is 14.0. The fourth-order valence-corrected chi connectivity index (χ4v) is 3.67. The molecule has 2 heterocycles. The summed E-state index contributed by atoms with van der Waals surface area (Å²) in [7, 11) is 0. The van der Waals surface area contributed by atoms with Crippen molar-refractivity contribution in [2.24, 2.45) is 11.7 Å². The van der Waals surface area contributed by atoms with Gasteiger partial charge in [-0.05, 0) is 49.8 Å². The van der Waals surface area contributed by atoms with Crippen LogP contribution in [0.1, 0.15) is 37.3 Å². The van der Waals surface area contributed by atoms with E-state index in [-0.39, 0.29) is 23.4 Å². The van der Waals surface area contributed by atoms with E-state index >= 15 is 0 Å². The second kappa shape index (κ2) is 6.21. The van der Waals surface area contributed by atoms with Gasteiger partial charge in [0.25, 0.3) is 0 Å². The van der Waals surface area contributed by atoms with Crippen LogP contribution in [-0.2, 0) is 9.47 Å². The smallest absolute Gasteiger partial charge is 0.128 e. The molecule has 0 aromatic heterocycles. The van der Waals surface area contributed by atoms with Crippen LogP contribution in [0.2, 0.25) is 5.02 Å². The monoisotopic (exact) mass is 313 g/mol. The molecule has 116 valence electrons. The minimum Gasteiger partial charge on any atom is -0.381 e. The third-order valence-electron chi connectivity index (χ3n) is 4.76. The zero-order valence-electron chi connectivity index (χ0n) is 12.0. The molecule has 2 aliphatic heterocycles. The summed E-state index contributed by atoms with van der Waals surface area (Å²) < 4.78 is 25.5. The van der Waals surface area contributed by atoms with Crippen LogP contribution in [0.5, 0.6) is 0 Å². The van der Waals surface area contributed by atoms with Gasteiger partial charge in [0.1, 0.15) is 5.82 Å². The molecule has 2 fully saturated rings. The number of benzene rings is 1. The van der Waals surface area contributed by atoms with Crippen LogP contribution in [0.4, 0.5) is 4.39 Å². The Bertz CT molecular complexity index is 500. The molecule has 2 unspecified atom stereocenters. The van der Waals surface area contributed by atoms with Crippen LogP contribution in [0.3, 0.4) is 0 Å². The van der Waals surface area contributed by atoms with Gasteiger partial charge in [0.05, 0.1) is 5.60 Å². The summed E-state index contributed by atoms with van der Waals surface area (Å²) in [6.07, 6.45) is 3.52. The quantitative estimate of drug-likeness (QED) is 0.909. The standard InChI is InChI=1S/C16H21ClFNO2/c17-12-1-2-14(18)13(9-12)15(19)11-3-6-21-16(10-11)4-7-20-8-5-16/h1-2,9,11,15H,3-8,10,19H2. The van der Waals surface area contributed by atoms with E-state index in [1.165, 1.54) is 6.07 Å². The van der Waals surface area contributed by atoms with Crippen LogP contribution < -0.4 is 5.73 Å². The molecule has 2 atom stereocenters. The molecule has 0 radical (unpaired) electrons. The average molecular weight is 314 g/mol. The molecule has 0 amide bonds. The van der Waals surface area contributed by atoms with Crippen molar-refractivity contribution < 1.29 is 13.9 Å². The van der Waals surface area contributed by atoms with Crippen molar-refractivity contribution in [3.63, 3.8) is 0 Å². The topological polar surface area (TPSA) is 44.5 Å². The van der Waals surface area contributed by atoms with Crippen LogP contribution in [-0.4, -0.2) is 25.4 Å². The first-order chi connectivity index (χ1) is 10.1. The normalized spacial score (nSPS) is 26.7. The van der Waals surface area contributed by atoms with Crippen LogP contribution in [0.25, 0.3) is 0 Å². The van der Waals surface area contributed by atoms with Gasteiger partial charge in [-0.2, -0.15) is 0 Å². The summed E-state index contributed by atoms with van der Waals surface area (Å²) in [4.78, 5) is 0. The SMILES string of the molecule is NC(c1cc(Cl)ccc1F)C1CCOC2(CCOCC2)C1. The van der Waals surface area contributed by atoms with Crippen molar-refractivity contribution >= 4 is 11.6 Å². The van der Waals surface area contributed by atoms with Crippen molar-refractivity contribution in [1.29, 1.82) is 0 Å². The largest absolute Gasteiger partial charge is 0.381 e. The first-order valence-corrected chi connectivity index (χ1v) is 7.90. The van der Waals surface area contributed by atoms with E-state index in [9.17, 15) is 4.39 Å². The molecular weight excluding hydrogens is 293 g/mol. The molecule has 0 saturated carbocycles. The van der Waals surface area contributed by atoms with Crippen molar-refractivity contribution in [1.82, 2.24) is 0 Å². The summed E-state index contributed by atoms with van der Waals surface area (Å²) >= 11 is 5.98. The highest BCUT2D eigenvalue weighted by molar-refractivity contribution is 6.30. The molecule has 1 aromatic carbocycles. The van der Waals surface area contributed by atoms with E-state index in [0.717, 1.165) is 38.9 Å². The fraction of sp³-hybridized carbons (Fsp3) is 0.625. The first kappa shape index (κ1) is 15.2. The summed E-state index contributed by atoms with van der Waals surface area (Å²) in [5.74, 6) is -0.0655. The van der Waals surface area contributed by atoms with Gasteiger partial charge in [0.2, 0.25) is 0 Å². The van der Waals surface area contributed by atoms with Gasteiger partial charge in [-0.15, -0.1) is 0 Å². The predicted molar refractivity (Wildman–Crippen MR) is 79.8 cm³/mol. The first-order valence-electron chi connectivity index (χ1n) is 7.52. The number of rotatable bonds is 2. The Kier molecular flexibility index (Phi) is 4.50. The third-order valence-corrected chi connectivity index (χ3v) is 5.00. The summed E-state index contributed by atoms with van der Waals surface area (Å²) in [6, 6.07) is 4.25. The highest BCUT2D eigenvalue weighted by Gasteiger charge is 2.41. The van der Waals surface area contributed by atoms with Gasteiger partial charge in [-0.1, -0.05) is 11.6 Å². The second-order valence-electron chi connectivity index (χ2n) is 6.09. The highest BCUT2D eigenvalue weighted by atomic mass is 35.5. The molecule has 2 saturated heterocycles. The van der Waals surface area contributed by atoms with E-state index in [1.54, 1.807) is 12.1 Å². The minimum absolute atomic E-state index is 0.131. The van der Waals surface area contributed by atoms with Crippen molar-refractivity contribution in [2.45, 2.75) is 37.3 Å². The number of ether oxygens (including phenoxy) is 2. The average Bonchev–Trinajstić information content (AvgIpc) is 2.50. The Morgan fingerprint density at radius 1 is 1.29 bits per heavy atom. The number of hydrogen-bond acceptors (Lipinski definition) is 3. The summed E-state index contributed by atoms with van der Waals surface area (Å²) in [6.45, 7) is 2.14. The van der Waals surface area contributed by atoms with E-state index in [1.807, 2.05) is 0 Å². The van der Waals surface area contributed by atoms with Crippen molar-refractivity contribution in [3.8, 4) is 0 Å². The lowest BCUT2D eigenvalue weighted by atomic mass is 9.76. The Morgan fingerprint density at radius 2 is 2.05 bits per heavy atom. The Labute approximate surface area is 129 Å². The van der Waals surface area contributed by atoms with E-state index in [4.69, 9.17) is 26.8 Å². The molecule has 0 aliphatic carbocycles. The zero-order chi connectivity index (χ0) is 14.9. The predicted octanol–water partition coefficient (Wildman–Crippen LogP) is 3.45. The molecule has 3 rings (SSSR count). The Balaban J connectivity index is 1.77. The van der Waals surface area contributed by atoms with Gasteiger partial charge in [-0.3, -0.25) is 0 Å². The maximum Gasteiger partial charge on any atom is 0.128 e. The van der Waals surface area contributed by atoms with Crippen molar-refractivity contribution in [2.75, 3.05) is 19.8 Å². The molecule has 0 bridgehead atoms. The fourth-order valence-electron chi connectivity index (χ4n) is 3.49. The molecule has 21 heavy (non-hydrogen) atoms. The van der Waals surface area contributed by atoms with Gasteiger partial charge >= 0.3 is 0 Å². The molecule has 5 heteroatoms. The number of halogens is 2. The Hall–Kier alpha value is -0.680. The van der Waals surface area contributed by atoms with E-state index < -0.39 is 0 Å². The zero-order valence-corrected chi connectivity index (χ0v) is 12.7. The molecule has 3 nitrogen and oxygen atoms in total. The Morgan fingerprint density at radius 3 is 2.81 bits per heavy atom. The molecule has 2 aliphatic rings. The van der Waals surface area contributed by atoms with Crippen LogP contribution in [0.15, 0.2) is 18.2 Å². The maximum atomic E-state index is 14.0. The lowest BCUT2D eigenvalue weighted by Crippen LogP contribution is -2.46. The summed E-state index contributed by atoms with van der Waals surface area (Å²) in [5.41, 5.74) is 6.72. The molecule has 1 spiro atoms. The van der Waals surface area contributed by atoms with Crippen LogP contribution in [0, 0.1) is 11.7 Å².